The van der Waals surface area contributed by atoms with Gasteiger partial charge in [-0.1, -0.05) is 36.3 Å². The van der Waals surface area contributed by atoms with E-state index < -0.39 is 23.8 Å². The lowest BCUT2D eigenvalue weighted by Crippen LogP contribution is -2.25. The van der Waals surface area contributed by atoms with Crippen LogP contribution in [0.4, 0.5) is 13.2 Å². The quantitative estimate of drug-likeness (QED) is 0.439. The Balaban J connectivity index is 1.71. The smallest absolute Gasteiger partial charge is 0.416 e. The Bertz CT molecular complexity index is 802. The Morgan fingerprint density at radius 2 is 1.72 bits per heavy atom. The van der Waals surface area contributed by atoms with Crippen molar-refractivity contribution in [2.75, 3.05) is 0 Å². The molecule has 0 fully saturated rings. The maximum Gasteiger partial charge on any atom is 0.416 e. The van der Waals surface area contributed by atoms with Gasteiger partial charge in [0.25, 0.3) is 0 Å². The number of oxime groups is 1. The van der Waals surface area contributed by atoms with Gasteiger partial charge in [-0.25, -0.2) is 4.79 Å². The van der Waals surface area contributed by atoms with Gasteiger partial charge in [-0.2, -0.15) is 13.2 Å². The molecule has 0 aliphatic rings. The van der Waals surface area contributed by atoms with Gasteiger partial charge in [0.05, 0.1) is 5.56 Å². The number of hydrogen-bond donors (Lipinski definition) is 1. The number of alkyl halides is 3. The first kappa shape index (κ1) is 22.3. The summed E-state index contributed by atoms with van der Waals surface area (Å²) in [5, 5.41) is 12.8. The summed E-state index contributed by atoms with van der Waals surface area (Å²) in [5.74, 6) is -0.499. The largest absolute Gasteiger partial charge is 0.479 e. The molecular formula is C21H22F3NO4. The van der Waals surface area contributed by atoms with Gasteiger partial charge >= 0.3 is 12.1 Å². The normalized spacial score (nSPS) is 12.7. The Morgan fingerprint density at radius 3 is 2.28 bits per heavy atom. The molecule has 2 aromatic carbocycles. The molecule has 156 valence electrons. The van der Waals surface area contributed by atoms with Crippen molar-refractivity contribution < 1.29 is 32.6 Å². The van der Waals surface area contributed by atoms with Crippen molar-refractivity contribution in [1.82, 2.24) is 0 Å². The molecule has 1 unspecified atom stereocenters. The maximum absolute atomic E-state index is 12.5. The first-order valence-corrected chi connectivity index (χ1v) is 9.08. The fourth-order valence-electron chi connectivity index (χ4n) is 2.45. The highest BCUT2D eigenvalue weighted by atomic mass is 19.4. The second-order valence-corrected chi connectivity index (χ2v) is 6.29. The van der Waals surface area contributed by atoms with E-state index in [2.05, 4.69) is 5.16 Å². The first-order chi connectivity index (χ1) is 13.8. The van der Waals surface area contributed by atoms with E-state index in [1.165, 1.54) is 12.1 Å². The third-order valence-electron chi connectivity index (χ3n) is 4.07. The summed E-state index contributed by atoms with van der Waals surface area (Å²) < 4.78 is 42.9. The number of carboxylic acid groups (broad SMARTS) is 1. The van der Waals surface area contributed by atoms with E-state index in [0.717, 1.165) is 17.7 Å². The average molecular weight is 409 g/mol. The second kappa shape index (κ2) is 10.5. The molecular weight excluding hydrogens is 387 g/mol. The zero-order chi connectivity index (χ0) is 21.3. The molecule has 1 atom stereocenters. The van der Waals surface area contributed by atoms with Crippen molar-refractivity contribution in [3.63, 3.8) is 0 Å². The molecule has 1 N–H and O–H groups in total. The zero-order valence-corrected chi connectivity index (χ0v) is 15.9. The van der Waals surface area contributed by atoms with Crippen LogP contribution < -0.4 is 4.74 Å². The fourth-order valence-corrected chi connectivity index (χ4v) is 2.45. The fraction of sp³-hybridized carbons (Fsp3) is 0.333. The van der Waals surface area contributed by atoms with Crippen molar-refractivity contribution in [2.24, 2.45) is 5.16 Å². The third kappa shape index (κ3) is 7.48. The van der Waals surface area contributed by atoms with Gasteiger partial charge in [-0.15, -0.1) is 0 Å². The molecule has 0 bridgehead atoms. The minimum Gasteiger partial charge on any atom is -0.479 e. The Hall–Kier alpha value is -3.03. The van der Waals surface area contributed by atoms with Gasteiger partial charge in [0.15, 0.2) is 6.10 Å². The van der Waals surface area contributed by atoms with Crippen LogP contribution in [0.25, 0.3) is 0 Å². The summed E-state index contributed by atoms with van der Waals surface area (Å²) in [4.78, 5) is 16.1. The van der Waals surface area contributed by atoms with Gasteiger partial charge in [0.2, 0.25) is 0 Å². The van der Waals surface area contributed by atoms with E-state index in [0.29, 0.717) is 30.6 Å². The number of carbonyl (C=O) groups is 1. The molecule has 0 saturated heterocycles. The van der Waals surface area contributed by atoms with Gasteiger partial charge in [0, 0.05) is 6.21 Å². The number of benzene rings is 2. The van der Waals surface area contributed by atoms with Crippen LogP contribution in [0.1, 0.15) is 36.5 Å². The topological polar surface area (TPSA) is 68.1 Å². The maximum atomic E-state index is 12.5. The van der Waals surface area contributed by atoms with Gasteiger partial charge in [0.1, 0.15) is 12.4 Å². The minimum absolute atomic E-state index is 0.0862. The zero-order valence-electron chi connectivity index (χ0n) is 15.9. The van der Waals surface area contributed by atoms with E-state index in [1.54, 1.807) is 25.3 Å². The van der Waals surface area contributed by atoms with Crippen molar-refractivity contribution in [3.05, 3.63) is 65.2 Å². The first-order valence-electron chi connectivity index (χ1n) is 9.08. The lowest BCUT2D eigenvalue weighted by Gasteiger charge is -2.13. The van der Waals surface area contributed by atoms with Crippen LogP contribution in [0.5, 0.6) is 5.75 Å². The van der Waals surface area contributed by atoms with Crippen LogP contribution in [0, 0.1) is 0 Å². The SMILES string of the molecule is CCC(Oc1ccc(CCC=NOCc2ccc(C(F)(F)F)cc2)cc1)C(=O)O. The van der Waals surface area contributed by atoms with Crippen LogP contribution in [0.2, 0.25) is 0 Å². The highest BCUT2D eigenvalue weighted by molar-refractivity contribution is 5.72. The average Bonchev–Trinajstić information content (AvgIpc) is 2.69. The summed E-state index contributed by atoms with van der Waals surface area (Å²) in [5.41, 5.74) is 0.918. The lowest BCUT2D eigenvalue weighted by molar-refractivity contribution is -0.145. The summed E-state index contributed by atoms with van der Waals surface area (Å²) in [6.07, 6.45) is -1.94. The van der Waals surface area contributed by atoms with Gasteiger partial charge in [-0.05, 0) is 54.7 Å². The number of rotatable bonds is 10. The molecule has 0 saturated carbocycles. The number of hydrogen-bond acceptors (Lipinski definition) is 4. The number of nitrogens with zero attached hydrogens (tertiary/aromatic N) is 1. The monoisotopic (exact) mass is 409 g/mol. The molecule has 2 rings (SSSR count). The van der Waals surface area contributed by atoms with Crippen LogP contribution in [-0.2, 0) is 28.8 Å². The van der Waals surface area contributed by atoms with E-state index in [-0.39, 0.29) is 6.61 Å². The molecule has 5 nitrogen and oxygen atoms in total. The molecule has 0 aliphatic carbocycles. The third-order valence-corrected chi connectivity index (χ3v) is 4.07. The van der Waals surface area contributed by atoms with Crippen LogP contribution >= 0.6 is 0 Å². The summed E-state index contributed by atoms with van der Waals surface area (Å²) in [6, 6.07) is 11.9. The Kier molecular flexibility index (Phi) is 8.06. The van der Waals surface area contributed by atoms with E-state index in [9.17, 15) is 18.0 Å². The molecule has 0 aromatic heterocycles. The van der Waals surface area contributed by atoms with Gasteiger partial charge in [-0.3, -0.25) is 0 Å². The highest BCUT2D eigenvalue weighted by Gasteiger charge is 2.29. The molecule has 0 spiro atoms. The highest BCUT2D eigenvalue weighted by Crippen LogP contribution is 2.29. The molecule has 0 aliphatic heterocycles. The van der Waals surface area contributed by atoms with Crippen molar-refractivity contribution >= 4 is 12.2 Å². The molecule has 2 aromatic rings. The van der Waals surface area contributed by atoms with E-state index in [1.807, 2.05) is 12.1 Å². The lowest BCUT2D eigenvalue weighted by atomic mass is 10.1. The Morgan fingerprint density at radius 1 is 1.10 bits per heavy atom. The Labute approximate surface area is 166 Å². The van der Waals surface area contributed by atoms with Crippen molar-refractivity contribution in [1.29, 1.82) is 0 Å². The molecule has 0 radical (unpaired) electrons. The van der Waals surface area contributed by atoms with Crippen molar-refractivity contribution in [2.45, 2.75) is 45.1 Å². The predicted octanol–water partition coefficient (Wildman–Crippen LogP) is 5.08. The number of halogens is 3. The number of carboxylic acids is 1. The number of aliphatic carboxylic acids is 1. The van der Waals surface area contributed by atoms with E-state index >= 15 is 0 Å². The van der Waals surface area contributed by atoms with Crippen LogP contribution in [-0.4, -0.2) is 23.4 Å². The van der Waals surface area contributed by atoms with Gasteiger partial charge < -0.3 is 14.7 Å². The molecule has 8 heteroatoms. The molecule has 0 heterocycles. The summed E-state index contributed by atoms with van der Waals surface area (Å²) in [7, 11) is 0. The predicted molar refractivity (Wildman–Crippen MR) is 102 cm³/mol. The summed E-state index contributed by atoms with van der Waals surface area (Å²) in [6.45, 7) is 1.83. The molecule has 0 amide bonds. The van der Waals surface area contributed by atoms with Crippen LogP contribution in [0.3, 0.4) is 0 Å². The summed E-state index contributed by atoms with van der Waals surface area (Å²) >= 11 is 0. The number of ether oxygens (including phenoxy) is 1. The number of aryl methyl sites for hydroxylation is 1. The molecule has 29 heavy (non-hydrogen) atoms. The minimum atomic E-state index is -4.35. The standard InChI is InChI=1S/C21H22F3NO4/c1-2-19(20(26)27)29-18-11-7-15(8-12-18)4-3-13-25-28-14-16-5-9-17(10-6-16)21(22,23)24/h5-13,19H,2-4,14H2,1H3,(H,26,27). The van der Waals surface area contributed by atoms with E-state index in [4.69, 9.17) is 14.7 Å². The van der Waals surface area contributed by atoms with Crippen molar-refractivity contribution in [3.8, 4) is 5.75 Å². The van der Waals surface area contributed by atoms with Crippen LogP contribution in [0.15, 0.2) is 53.7 Å². The second-order valence-electron chi connectivity index (χ2n) is 6.29.